The molecular weight excluding hydrogens is 304 g/mol. The molecule has 0 amide bonds. The maximum Gasteiger partial charge on any atom is 0.112 e. The Hall–Kier alpha value is -1.72. The first-order chi connectivity index (χ1) is 11.7. The third kappa shape index (κ3) is 4.42. The lowest BCUT2D eigenvalue weighted by Gasteiger charge is -2.38. The van der Waals surface area contributed by atoms with Crippen molar-refractivity contribution in [3.05, 3.63) is 71.8 Å². The van der Waals surface area contributed by atoms with Crippen molar-refractivity contribution in [2.75, 3.05) is 6.61 Å². The second kappa shape index (κ2) is 8.40. The van der Waals surface area contributed by atoms with Crippen LogP contribution in [0.15, 0.2) is 60.7 Å². The number of ether oxygens (including phenoxy) is 3. The molecule has 0 spiro atoms. The van der Waals surface area contributed by atoms with Crippen LogP contribution in [0.2, 0.25) is 0 Å². The summed E-state index contributed by atoms with van der Waals surface area (Å²) in [4.78, 5) is 0. The molecule has 1 aliphatic heterocycles. The van der Waals surface area contributed by atoms with Crippen molar-refractivity contribution >= 4 is 0 Å². The molecule has 24 heavy (non-hydrogen) atoms. The number of hydrogen-bond donors (Lipinski definition) is 1. The molecule has 1 saturated heterocycles. The van der Waals surface area contributed by atoms with Gasteiger partial charge in [0.05, 0.1) is 25.9 Å². The van der Waals surface area contributed by atoms with E-state index in [0.717, 1.165) is 11.1 Å². The summed E-state index contributed by atoms with van der Waals surface area (Å²) >= 11 is 0. The maximum atomic E-state index is 10.6. The van der Waals surface area contributed by atoms with Gasteiger partial charge in [-0.2, -0.15) is 0 Å². The Morgan fingerprint density at radius 2 is 1.46 bits per heavy atom. The molecule has 0 radical (unpaired) electrons. The second-order valence-corrected chi connectivity index (χ2v) is 6.13. The van der Waals surface area contributed by atoms with Gasteiger partial charge in [0.1, 0.15) is 18.3 Å². The van der Waals surface area contributed by atoms with Crippen LogP contribution < -0.4 is 0 Å². The summed E-state index contributed by atoms with van der Waals surface area (Å²) in [5.74, 6) is 0. The number of aliphatic hydroxyl groups is 1. The van der Waals surface area contributed by atoms with E-state index in [0.29, 0.717) is 19.8 Å². The summed E-state index contributed by atoms with van der Waals surface area (Å²) < 4.78 is 17.5. The van der Waals surface area contributed by atoms with Gasteiger partial charge in [-0.3, -0.25) is 0 Å². The van der Waals surface area contributed by atoms with Gasteiger partial charge in [0.15, 0.2) is 0 Å². The highest BCUT2D eigenvalue weighted by Gasteiger charge is 2.38. The van der Waals surface area contributed by atoms with Crippen molar-refractivity contribution in [1.82, 2.24) is 0 Å². The first-order valence-electron chi connectivity index (χ1n) is 8.35. The Morgan fingerprint density at radius 3 is 2.04 bits per heavy atom. The molecule has 0 aromatic heterocycles. The molecule has 0 bridgehead atoms. The highest BCUT2D eigenvalue weighted by molar-refractivity contribution is 5.14. The summed E-state index contributed by atoms with van der Waals surface area (Å²) in [5, 5.41) is 10.6. The van der Waals surface area contributed by atoms with Crippen molar-refractivity contribution in [1.29, 1.82) is 0 Å². The van der Waals surface area contributed by atoms with E-state index in [-0.39, 0.29) is 12.2 Å². The average Bonchev–Trinajstić information content (AvgIpc) is 2.63. The van der Waals surface area contributed by atoms with Gasteiger partial charge < -0.3 is 19.3 Å². The molecule has 4 atom stereocenters. The minimum atomic E-state index is -0.707. The molecule has 3 rings (SSSR count). The van der Waals surface area contributed by atoms with E-state index in [1.54, 1.807) is 0 Å². The van der Waals surface area contributed by atoms with Crippen LogP contribution in [-0.2, 0) is 27.4 Å². The van der Waals surface area contributed by atoms with E-state index in [1.807, 2.05) is 67.6 Å². The Balaban J connectivity index is 1.55. The molecule has 0 aliphatic carbocycles. The third-order valence-corrected chi connectivity index (χ3v) is 4.30. The number of benzene rings is 2. The van der Waals surface area contributed by atoms with Crippen molar-refractivity contribution in [3.63, 3.8) is 0 Å². The number of aliphatic hydroxyl groups excluding tert-OH is 1. The minimum absolute atomic E-state index is 0.166. The Labute approximate surface area is 143 Å². The zero-order valence-corrected chi connectivity index (χ0v) is 13.9. The number of hydrogen-bond acceptors (Lipinski definition) is 4. The topological polar surface area (TPSA) is 47.9 Å². The predicted octanol–water partition coefficient (Wildman–Crippen LogP) is 2.94. The molecule has 2 aromatic rings. The van der Waals surface area contributed by atoms with Gasteiger partial charge in [0.25, 0.3) is 0 Å². The molecule has 1 N–H and O–H groups in total. The van der Waals surface area contributed by atoms with Crippen molar-refractivity contribution in [2.45, 2.75) is 44.6 Å². The molecule has 0 saturated carbocycles. The van der Waals surface area contributed by atoms with Crippen LogP contribution in [0.4, 0.5) is 0 Å². The van der Waals surface area contributed by atoms with Gasteiger partial charge in [0, 0.05) is 0 Å². The average molecular weight is 328 g/mol. The largest absolute Gasteiger partial charge is 0.387 e. The highest BCUT2D eigenvalue weighted by Crippen LogP contribution is 2.22. The van der Waals surface area contributed by atoms with Gasteiger partial charge >= 0.3 is 0 Å². The van der Waals surface area contributed by atoms with Gasteiger partial charge in [-0.15, -0.1) is 0 Å². The third-order valence-electron chi connectivity index (χ3n) is 4.30. The Bertz CT molecular complexity index is 602. The fourth-order valence-electron chi connectivity index (χ4n) is 2.85. The van der Waals surface area contributed by atoms with Crippen LogP contribution in [0, 0.1) is 0 Å². The summed E-state index contributed by atoms with van der Waals surface area (Å²) in [6, 6.07) is 19.8. The van der Waals surface area contributed by atoms with Gasteiger partial charge in [-0.05, 0) is 18.1 Å². The van der Waals surface area contributed by atoms with Crippen molar-refractivity contribution in [3.8, 4) is 0 Å². The zero-order valence-electron chi connectivity index (χ0n) is 13.9. The Morgan fingerprint density at radius 1 is 0.917 bits per heavy atom. The van der Waals surface area contributed by atoms with Crippen LogP contribution in [-0.4, -0.2) is 36.1 Å². The van der Waals surface area contributed by atoms with Crippen LogP contribution in [0.25, 0.3) is 0 Å². The van der Waals surface area contributed by atoms with E-state index in [9.17, 15) is 5.11 Å². The molecule has 4 heteroatoms. The molecule has 1 heterocycles. The van der Waals surface area contributed by atoms with Crippen molar-refractivity contribution in [2.24, 2.45) is 0 Å². The van der Waals surface area contributed by atoms with E-state index in [4.69, 9.17) is 14.2 Å². The summed E-state index contributed by atoms with van der Waals surface area (Å²) in [6.45, 7) is 3.19. The standard InChI is InChI=1S/C20H24O4/c1-15-20(24-13-17-10-6-3-7-11-17)19(21)18(14-22-15)23-12-16-8-4-2-5-9-16/h2-11,15,18-21H,12-14H2,1H3/t15-,18+,19?,20+/m0/s1. The van der Waals surface area contributed by atoms with Crippen molar-refractivity contribution < 1.29 is 19.3 Å². The SMILES string of the molecule is C[C@@H]1OC[C@@H](OCc2ccccc2)C(O)[C@@H]1OCc1ccccc1. The minimum Gasteiger partial charge on any atom is -0.387 e. The fourth-order valence-corrected chi connectivity index (χ4v) is 2.85. The van der Waals surface area contributed by atoms with E-state index >= 15 is 0 Å². The monoisotopic (exact) mass is 328 g/mol. The first kappa shape index (κ1) is 17.1. The van der Waals surface area contributed by atoms with E-state index in [1.165, 1.54) is 0 Å². The molecular formula is C20H24O4. The van der Waals surface area contributed by atoms with Crippen LogP contribution in [0.3, 0.4) is 0 Å². The fraction of sp³-hybridized carbons (Fsp3) is 0.400. The van der Waals surface area contributed by atoms with Crippen LogP contribution in [0.1, 0.15) is 18.1 Å². The first-order valence-corrected chi connectivity index (χ1v) is 8.35. The molecule has 1 fully saturated rings. The van der Waals surface area contributed by atoms with Gasteiger partial charge in [-0.1, -0.05) is 60.7 Å². The summed E-state index contributed by atoms with van der Waals surface area (Å²) in [5.41, 5.74) is 2.15. The summed E-state index contributed by atoms with van der Waals surface area (Å²) in [6.07, 6.45) is -1.66. The van der Waals surface area contributed by atoms with Gasteiger partial charge in [-0.25, -0.2) is 0 Å². The predicted molar refractivity (Wildman–Crippen MR) is 91.5 cm³/mol. The lowest BCUT2D eigenvalue weighted by atomic mass is 10.0. The smallest absolute Gasteiger partial charge is 0.112 e. The van der Waals surface area contributed by atoms with E-state index < -0.39 is 12.2 Å². The lowest BCUT2D eigenvalue weighted by molar-refractivity contribution is -0.217. The highest BCUT2D eigenvalue weighted by atomic mass is 16.6. The second-order valence-electron chi connectivity index (χ2n) is 6.13. The van der Waals surface area contributed by atoms with Gasteiger partial charge in [0.2, 0.25) is 0 Å². The van der Waals surface area contributed by atoms with E-state index in [2.05, 4.69) is 0 Å². The Kier molecular flexibility index (Phi) is 5.99. The molecule has 4 nitrogen and oxygen atoms in total. The molecule has 1 aliphatic rings. The van der Waals surface area contributed by atoms with Crippen LogP contribution >= 0.6 is 0 Å². The molecule has 1 unspecified atom stereocenters. The normalized spacial score (nSPS) is 27.1. The quantitative estimate of drug-likeness (QED) is 0.886. The molecule has 2 aromatic carbocycles. The number of rotatable bonds is 6. The zero-order chi connectivity index (χ0) is 16.8. The maximum absolute atomic E-state index is 10.6. The van der Waals surface area contributed by atoms with Crippen LogP contribution in [0.5, 0.6) is 0 Å². The lowest BCUT2D eigenvalue weighted by Crippen LogP contribution is -2.53. The summed E-state index contributed by atoms with van der Waals surface area (Å²) in [7, 11) is 0. The molecule has 128 valence electrons.